The van der Waals surface area contributed by atoms with Gasteiger partial charge in [-0.1, -0.05) is 0 Å². The zero-order valence-corrected chi connectivity index (χ0v) is 14.8. The first-order valence-electron chi connectivity index (χ1n) is 8.65. The van der Waals surface area contributed by atoms with Crippen molar-refractivity contribution < 1.29 is 27.7 Å². The Morgan fingerprint density at radius 3 is 2.33 bits per heavy atom. The van der Waals surface area contributed by atoms with Gasteiger partial charge in [0.25, 0.3) is 5.82 Å². The van der Waals surface area contributed by atoms with E-state index in [9.17, 15) is 18.0 Å². The summed E-state index contributed by atoms with van der Waals surface area (Å²) in [5, 5.41) is 2.90. The van der Waals surface area contributed by atoms with Gasteiger partial charge < -0.3 is 10.1 Å². The number of methoxy groups -OCH3 is 1. The number of nitrogens with zero attached hydrogens (tertiary/aromatic N) is 1. The maximum absolute atomic E-state index is 12.6. The number of carbonyl (C=O) groups excluding carboxylic acids is 1. The Balaban J connectivity index is 1.54. The lowest BCUT2D eigenvalue weighted by molar-refractivity contribution is -0.367. The first kappa shape index (κ1) is 19.0. The van der Waals surface area contributed by atoms with Gasteiger partial charge in [-0.25, -0.2) is 4.98 Å². The minimum absolute atomic E-state index is 0.0452. The SMILES string of the molecule is COc1ccc(NC(=O)C2CCN(c3ccc(C(F)(F)F)c[nH+]3)CC2)cc1. The number of carbonyl (C=O) groups is 1. The van der Waals surface area contributed by atoms with Crippen molar-refractivity contribution in [1.82, 2.24) is 0 Å². The van der Waals surface area contributed by atoms with Crippen molar-refractivity contribution in [2.45, 2.75) is 19.0 Å². The molecular weight excluding hydrogens is 359 g/mol. The zero-order valence-electron chi connectivity index (χ0n) is 14.8. The Labute approximate surface area is 155 Å². The zero-order chi connectivity index (χ0) is 19.4. The van der Waals surface area contributed by atoms with Crippen LogP contribution in [0.3, 0.4) is 0 Å². The molecule has 1 fully saturated rings. The first-order valence-corrected chi connectivity index (χ1v) is 8.65. The van der Waals surface area contributed by atoms with Gasteiger partial charge in [0, 0.05) is 17.7 Å². The summed E-state index contributed by atoms with van der Waals surface area (Å²) in [6.07, 6.45) is -2.12. The van der Waals surface area contributed by atoms with E-state index in [2.05, 4.69) is 10.3 Å². The highest BCUT2D eigenvalue weighted by Crippen LogP contribution is 2.29. The van der Waals surface area contributed by atoms with E-state index in [4.69, 9.17) is 4.74 Å². The van der Waals surface area contributed by atoms with E-state index in [1.807, 2.05) is 4.90 Å². The lowest BCUT2D eigenvalue weighted by Gasteiger charge is -2.27. The first-order chi connectivity index (χ1) is 12.9. The molecule has 2 aromatic rings. The fraction of sp³-hybridized carbons (Fsp3) is 0.368. The number of aromatic amines is 1. The molecule has 0 radical (unpaired) electrons. The van der Waals surface area contributed by atoms with Crippen molar-refractivity contribution in [3.63, 3.8) is 0 Å². The number of nitrogens with one attached hydrogen (secondary N) is 2. The quantitative estimate of drug-likeness (QED) is 0.885. The number of anilines is 2. The molecule has 0 spiro atoms. The summed E-state index contributed by atoms with van der Waals surface area (Å²) in [5.41, 5.74) is -0.000641. The second-order valence-corrected chi connectivity index (χ2v) is 6.44. The number of hydrogen-bond acceptors (Lipinski definition) is 3. The molecule has 0 unspecified atom stereocenters. The van der Waals surface area contributed by atoms with Crippen molar-refractivity contribution >= 4 is 17.4 Å². The van der Waals surface area contributed by atoms with Gasteiger partial charge in [-0.05, 0) is 43.2 Å². The Bertz CT molecular complexity index is 768. The van der Waals surface area contributed by atoms with Crippen LogP contribution in [0.2, 0.25) is 0 Å². The molecule has 0 bridgehead atoms. The van der Waals surface area contributed by atoms with Crippen LogP contribution < -0.4 is 19.9 Å². The summed E-state index contributed by atoms with van der Waals surface area (Å²) in [6.45, 7) is 1.20. The molecule has 3 rings (SSSR count). The molecule has 27 heavy (non-hydrogen) atoms. The van der Waals surface area contributed by atoms with Crippen molar-refractivity contribution in [2.24, 2.45) is 5.92 Å². The van der Waals surface area contributed by atoms with Gasteiger partial charge >= 0.3 is 6.18 Å². The molecule has 0 atom stereocenters. The predicted molar refractivity (Wildman–Crippen MR) is 94.6 cm³/mol. The molecule has 2 N–H and O–H groups in total. The molecule has 0 aliphatic carbocycles. The number of rotatable bonds is 4. The fourth-order valence-electron chi connectivity index (χ4n) is 3.09. The van der Waals surface area contributed by atoms with Crippen LogP contribution in [-0.2, 0) is 11.0 Å². The van der Waals surface area contributed by atoms with E-state index in [1.54, 1.807) is 31.4 Å². The average Bonchev–Trinajstić information content (AvgIpc) is 2.68. The summed E-state index contributed by atoms with van der Waals surface area (Å²) in [4.78, 5) is 17.1. The molecule has 2 heterocycles. The fourth-order valence-corrected chi connectivity index (χ4v) is 3.09. The number of amides is 1. The minimum atomic E-state index is -4.36. The van der Waals surface area contributed by atoms with E-state index in [0.29, 0.717) is 43.2 Å². The van der Waals surface area contributed by atoms with Gasteiger partial charge in [0.05, 0.1) is 25.8 Å². The number of benzene rings is 1. The number of alkyl halides is 3. The summed E-state index contributed by atoms with van der Waals surface area (Å²) in [7, 11) is 1.58. The lowest BCUT2D eigenvalue weighted by atomic mass is 9.95. The van der Waals surface area contributed by atoms with Gasteiger partial charge in [-0.2, -0.15) is 13.2 Å². The van der Waals surface area contributed by atoms with Crippen molar-refractivity contribution in [3.8, 4) is 5.75 Å². The van der Waals surface area contributed by atoms with Crippen molar-refractivity contribution in [2.75, 3.05) is 30.4 Å². The van der Waals surface area contributed by atoms with Crippen LogP contribution in [0.25, 0.3) is 0 Å². The maximum atomic E-state index is 12.6. The molecule has 1 amide bonds. The second kappa shape index (κ2) is 7.85. The van der Waals surface area contributed by atoms with E-state index < -0.39 is 11.7 Å². The van der Waals surface area contributed by atoms with Crippen LogP contribution in [0.1, 0.15) is 18.4 Å². The van der Waals surface area contributed by atoms with Crippen LogP contribution in [0, 0.1) is 5.92 Å². The summed E-state index contributed by atoms with van der Waals surface area (Å²) in [6, 6.07) is 9.61. The van der Waals surface area contributed by atoms with E-state index in [0.717, 1.165) is 12.3 Å². The largest absolute Gasteiger partial charge is 0.497 e. The molecule has 1 aliphatic heterocycles. The van der Waals surface area contributed by atoms with Crippen molar-refractivity contribution in [3.05, 3.63) is 48.2 Å². The number of aromatic nitrogens is 1. The molecule has 8 heteroatoms. The molecule has 0 saturated carbocycles. The third-order valence-electron chi connectivity index (χ3n) is 4.69. The number of halogens is 3. The molecule has 5 nitrogen and oxygen atoms in total. The normalized spacial score (nSPS) is 15.5. The Morgan fingerprint density at radius 1 is 1.15 bits per heavy atom. The molecule has 1 aromatic carbocycles. The topological polar surface area (TPSA) is 55.7 Å². The van der Waals surface area contributed by atoms with Gasteiger partial charge in [-0.3, -0.25) is 9.69 Å². The number of H-pyrrole nitrogens is 1. The van der Waals surface area contributed by atoms with Gasteiger partial charge in [0.15, 0.2) is 0 Å². The number of piperidine rings is 1. The van der Waals surface area contributed by atoms with Gasteiger partial charge in [0.2, 0.25) is 5.91 Å². The predicted octanol–water partition coefficient (Wildman–Crippen LogP) is 3.38. The third kappa shape index (κ3) is 4.69. The Kier molecular flexibility index (Phi) is 5.53. The van der Waals surface area contributed by atoms with E-state index in [-0.39, 0.29) is 11.8 Å². The monoisotopic (exact) mass is 380 g/mol. The smallest absolute Gasteiger partial charge is 0.419 e. The molecule has 1 saturated heterocycles. The van der Waals surface area contributed by atoms with Crippen LogP contribution >= 0.6 is 0 Å². The van der Waals surface area contributed by atoms with Crippen LogP contribution in [0.5, 0.6) is 5.75 Å². The summed E-state index contributed by atoms with van der Waals surface area (Å²) in [5.74, 6) is 1.17. The standard InChI is InChI=1S/C19H20F3N3O2/c1-27-16-5-3-15(4-6-16)24-18(26)13-8-10-25(11-9-13)17-7-2-14(12-23-17)19(20,21)22/h2-7,12-13H,8-11H2,1H3,(H,24,26)/p+1. The van der Waals surface area contributed by atoms with Gasteiger partial charge in [0.1, 0.15) is 11.9 Å². The molecular formula is C19H21F3N3O2+. The van der Waals surface area contributed by atoms with Crippen LogP contribution in [0.4, 0.5) is 24.7 Å². The lowest BCUT2D eigenvalue weighted by Crippen LogP contribution is -2.40. The highest BCUT2D eigenvalue weighted by molar-refractivity contribution is 5.92. The van der Waals surface area contributed by atoms with Gasteiger partial charge in [-0.15, -0.1) is 0 Å². The summed E-state index contributed by atoms with van der Waals surface area (Å²) >= 11 is 0. The highest BCUT2D eigenvalue weighted by atomic mass is 19.4. The minimum Gasteiger partial charge on any atom is -0.497 e. The van der Waals surface area contributed by atoms with E-state index in [1.165, 1.54) is 6.07 Å². The third-order valence-corrected chi connectivity index (χ3v) is 4.69. The molecule has 1 aliphatic rings. The highest BCUT2D eigenvalue weighted by Gasteiger charge is 2.33. The Morgan fingerprint density at radius 2 is 1.81 bits per heavy atom. The maximum Gasteiger partial charge on any atom is 0.419 e. The average molecular weight is 380 g/mol. The second-order valence-electron chi connectivity index (χ2n) is 6.44. The number of hydrogen-bond donors (Lipinski definition) is 1. The van der Waals surface area contributed by atoms with Crippen LogP contribution in [0.15, 0.2) is 42.6 Å². The summed E-state index contributed by atoms with van der Waals surface area (Å²) < 4.78 is 43.0. The molecule has 144 valence electrons. The number of ether oxygens (including phenoxy) is 1. The molecule has 1 aromatic heterocycles. The number of pyridine rings is 1. The Hall–Kier alpha value is -2.77. The van der Waals surface area contributed by atoms with Crippen molar-refractivity contribution in [1.29, 1.82) is 0 Å². The van der Waals surface area contributed by atoms with Crippen LogP contribution in [-0.4, -0.2) is 26.1 Å². The van der Waals surface area contributed by atoms with E-state index >= 15 is 0 Å².